The van der Waals surface area contributed by atoms with Crippen molar-refractivity contribution in [2.75, 3.05) is 5.75 Å². The van der Waals surface area contributed by atoms with Gasteiger partial charge in [-0.3, -0.25) is 0 Å². The molecule has 0 aliphatic carbocycles. The molecular weight excluding hydrogens is 288 g/mol. The van der Waals surface area contributed by atoms with Crippen LogP contribution in [0.3, 0.4) is 0 Å². The zero-order chi connectivity index (χ0) is 12.6. The van der Waals surface area contributed by atoms with Gasteiger partial charge < -0.3 is 12.6 Å². The van der Waals surface area contributed by atoms with Gasteiger partial charge in [0.25, 0.3) is 0 Å². The first-order valence-corrected chi connectivity index (χ1v) is 8.57. The fraction of sp³-hybridized carbons (Fsp3) is 1.00. The van der Waals surface area contributed by atoms with Gasteiger partial charge in [-0.25, -0.2) is 0 Å². The maximum Gasteiger partial charge on any atom is 1.00 e. The molecule has 0 amide bonds. The first-order valence-electron chi connectivity index (χ1n) is 8.00. The molecule has 0 saturated carbocycles. The van der Waals surface area contributed by atoms with Crippen LogP contribution in [0.1, 0.15) is 96.8 Å². The van der Waals surface area contributed by atoms with Gasteiger partial charge in [0.1, 0.15) is 0 Å². The molecule has 0 radical (unpaired) electrons. The van der Waals surface area contributed by atoms with E-state index >= 15 is 0 Å². The van der Waals surface area contributed by atoms with Crippen LogP contribution in [0.25, 0.3) is 0 Å². The first-order chi connectivity index (χ1) is 8.41. The number of hydrogen-bond acceptors (Lipinski definition) is 1. The van der Waals surface area contributed by atoms with Gasteiger partial charge >= 0.3 is 17.1 Å². The predicted molar refractivity (Wildman–Crippen MR) is 82.5 cm³/mol. The van der Waals surface area contributed by atoms with E-state index in [0.29, 0.717) is 0 Å². The Morgan fingerprint density at radius 3 is 1.06 bits per heavy atom. The van der Waals surface area contributed by atoms with E-state index < -0.39 is 0 Å². The molecule has 2 heteroatoms. The zero-order valence-corrected chi connectivity index (χ0v) is 14.1. The molecule has 114 valence electrons. The Bertz CT molecular complexity index is 114. The van der Waals surface area contributed by atoms with Crippen molar-refractivity contribution in [1.29, 1.82) is 0 Å². The number of unbranched alkanes of at least 4 members (excludes halogenated alkanes) is 13. The Morgan fingerprint density at radius 1 is 0.500 bits per heavy atom. The molecule has 0 aromatic heterocycles. The van der Waals surface area contributed by atoms with Gasteiger partial charge in [-0.1, -0.05) is 96.8 Å². The molecule has 0 atom stereocenters. The summed E-state index contributed by atoms with van der Waals surface area (Å²) in [5.41, 5.74) is 0. The maximum atomic E-state index is 4.94. The molecule has 0 spiro atoms. The van der Waals surface area contributed by atoms with E-state index in [9.17, 15) is 0 Å². The fourth-order valence-electron chi connectivity index (χ4n) is 2.30. The normalized spacial score (nSPS) is 10.3. The van der Waals surface area contributed by atoms with Crippen LogP contribution in [-0.4, -0.2) is 5.75 Å². The molecule has 0 aromatic rings. The van der Waals surface area contributed by atoms with Crippen molar-refractivity contribution in [2.45, 2.75) is 96.8 Å². The van der Waals surface area contributed by atoms with Crippen LogP contribution in [0.2, 0.25) is 0 Å². The van der Waals surface area contributed by atoms with Crippen LogP contribution in [-0.2, 0) is 29.7 Å². The molecular formula is C16H33CuS. The van der Waals surface area contributed by atoms with Gasteiger partial charge in [0, 0.05) is 0 Å². The molecule has 0 heterocycles. The van der Waals surface area contributed by atoms with Crippen LogP contribution in [0.15, 0.2) is 0 Å². The van der Waals surface area contributed by atoms with Crippen LogP contribution < -0.4 is 0 Å². The van der Waals surface area contributed by atoms with Crippen LogP contribution in [0.5, 0.6) is 0 Å². The molecule has 0 saturated heterocycles. The molecule has 0 aliphatic heterocycles. The molecule has 0 rings (SSSR count). The van der Waals surface area contributed by atoms with Crippen molar-refractivity contribution in [1.82, 2.24) is 0 Å². The van der Waals surface area contributed by atoms with Gasteiger partial charge in [-0.05, 0) is 0 Å². The van der Waals surface area contributed by atoms with Gasteiger partial charge in [-0.15, -0.1) is 0 Å². The van der Waals surface area contributed by atoms with Crippen molar-refractivity contribution in [3.63, 3.8) is 0 Å². The second-order valence-corrected chi connectivity index (χ2v) is 5.71. The van der Waals surface area contributed by atoms with Gasteiger partial charge in [0.2, 0.25) is 0 Å². The largest absolute Gasteiger partial charge is 1.00 e. The first kappa shape index (κ1) is 21.2. The van der Waals surface area contributed by atoms with Crippen LogP contribution >= 0.6 is 0 Å². The van der Waals surface area contributed by atoms with Crippen molar-refractivity contribution in [3.8, 4) is 0 Å². The average Bonchev–Trinajstić information content (AvgIpc) is 2.35. The van der Waals surface area contributed by atoms with Gasteiger partial charge in [0.05, 0.1) is 0 Å². The topological polar surface area (TPSA) is 0 Å². The smallest absolute Gasteiger partial charge is 0.793 e. The summed E-state index contributed by atoms with van der Waals surface area (Å²) in [6, 6.07) is 0. The molecule has 0 fully saturated rings. The van der Waals surface area contributed by atoms with Crippen LogP contribution in [0, 0.1) is 0 Å². The minimum atomic E-state index is 0. The second kappa shape index (κ2) is 20.2. The summed E-state index contributed by atoms with van der Waals surface area (Å²) in [5, 5.41) is 0. The minimum absolute atomic E-state index is 0. The molecule has 0 N–H and O–H groups in total. The number of rotatable bonds is 14. The summed E-state index contributed by atoms with van der Waals surface area (Å²) >= 11 is 4.94. The summed E-state index contributed by atoms with van der Waals surface area (Å²) in [7, 11) is 0. The zero-order valence-electron chi connectivity index (χ0n) is 12.3. The quantitative estimate of drug-likeness (QED) is 0.214. The van der Waals surface area contributed by atoms with Crippen molar-refractivity contribution in [3.05, 3.63) is 0 Å². The molecule has 0 bridgehead atoms. The summed E-state index contributed by atoms with van der Waals surface area (Å²) in [4.78, 5) is 0. The van der Waals surface area contributed by atoms with Crippen molar-refractivity contribution < 1.29 is 17.1 Å². The van der Waals surface area contributed by atoms with Crippen molar-refractivity contribution >= 4 is 12.6 Å². The van der Waals surface area contributed by atoms with E-state index in [2.05, 4.69) is 6.92 Å². The summed E-state index contributed by atoms with van der Waals surface area (Å²) < 4.78 is 0. The Balaban J connectivity index is 0. The second-order valence-electron chi connectivity index (χ2n) is 5.30. The third-order valence-corrected chi connectivity index (χ3v) is 3.79. The third-order valence-electron chi connectivity index (χ3n) is 3.50. The standard InChI is InChI=1S/C16H34S.Cu/c1-2-3-4-5-6-7-8-9-10-11-12-13-14-15-16-17;/h17H,2-16H2,1H3;/q;+1/p-1. The molecule has 0 aromatic carbocycles. The monoisotopic (exact) mass is 320 g/mol. The van der Waals surface area contributed by atoms with E-state index in [0.717, 1.165) is 5.75 Å². The Labute approximate surface area is 132 Å². The summed E-state index contributed by atoms with van der Waals surface area (Å²) in [6.07, 6.45) is 20.0. The molecule has 18 heavy (non-hydrogen) atoms. The van der Waals surface area contributed by atoms with E-state index in [4.69, 9.17) is 12.6 Å². The van der Waals surface area contributed by atoms with Gasteiger partial charge in [-0.2, -0.15) is 5.75 Å². The molecule has 0 nitrogen and oxygen atoms in total. The minimum Gasteiger partial charge on any atom is -0.793 e. The molecule has 0 unspecified atom stereocenters. The Hall–Kier alpha value is 0.869. The van der Waals surface area contributed by atoms with Gasteiger partial charge in [0.15, 0.2) is 0 Å². The Morgan fingerprint density at radius 2 is 0.778 bits per heavy atom. The molecule has 0 aliphatic rings. The van der Waals surface area contributed by atoms with Crippen LogP contribution in [0.4, 0.5) is 0 Å². The third kappa shape index (κ3) is 19.2. The van der Waals surface area contributed by atoms with Crippen molar-refractivity contribution in [2.24, 2.45) is 0 Å². The fourth-order valence-corrected chi connectivity index (χ4v) is 2.50. The van der Waals surface area contributed by atoms with E-state index in [1.165, 1.54) is 89.9 Å². The average molecular weight is 321 g/mol. The maximum absolute atomic E-state index is 4.94. The Kier molecular flexibility index (Phi) is 23.8. The summed E-state index contributed by atoms with van der Waals surface area (Å²) in [5.74, 6) is 0.956. The number of hydrogen-bond donors (Lipinski definition) is 0. The summed E-state index contributed by atoms with van der Waals surface area (Å²) in [6.45, 7) is 2.29. The van der Waals surface area contributed by atoms with E-state index in [1.807, 2.05) is 0 Å². The van der Waals surface area contributed by atoms with E-state index in [-0.39, 0.29) is 17.1 Å². The van der Waals surface area contributed by atoms with E-state index in [1.54, 1.807) is 0 Å². The predicted octanol–water partition coefficient (Wildman–Crippen LogP) is 6.01. The SMILES string of the molecule is CCCCCCCCCCCCCCCC[S-].[Cu+].